The van der Waals surface area contributed by atoms with Gasteiger partial charge in [0.05, 0.1) is 21.3 Å². The van der Waals surface area contributed by atoms with Crippen LogP contribution in [0.2, 0.25) is 0 Å². The lowest BCUT2D eigenvalue weighted by molar-refractivity contribution is 0.323. The van der Waals surface area contributed by atoms with Gasteiger partial charge in [0.15, 0.2) is 11.5 Å². The van der Waals surface area contributed by atoms with Crippen LogP contribution in [-0.2, 0) is 6.42 Å². The van der Waals surface area contributed by atoms with Crippen molar-refractivity contribution in [3.63, 3.8) is 0 Å². The Kier molecular flexibility index (Phi) is 5.10. The van der Waals surface area contributed by atoms with Crippen LogP contribution < -0.4 is 19.5 Å². The molecule has 0 saturated heterocycles. The summed E-state index contributed by atoms with van der Waals surface area (Å²) < 4.78 is 15.9. The molecular weight excluding hydrogens is 218 g/mol. The smallest absolute Gasteiger partial charge is 0.203 e. The van der Waals surface area contributed by atoms with Gasteiger partial charge in [0, 0.05) is 6.04 Å². The summed E-state index contributed by atoms with van der Waals surface area (Å²) in [5.74, 6) is 2.03. The highest BCUT2D eigenvalue weighted by molar-refractivity contribution is 5.53. The molecule has 1 atom stereocenters. The molecule has 0 amide bonds. The normalized spacial score (nSPS) is 12.1. The molecule has 0 aliphatic heterocycles. The van der Waals surface area contributed by atoms with Gasteiger partial charge in [-0.15, -0.1) is 0 Å². The number of rotatable bonds is 6. The first-order chi connectivity index (χ1) is 8.15. The Morgan fingerprint density at radius 1 is 1.06 bits per heavy atom. The molecule has 1 N–H and O–H groups in total. The van der Waals surface area contributed by atoms with E-state index in [9.17, 15) is 0 Å². The van der Waals surface area contributed by atoms with Crippen LogP contribution in [0, 0.1) is 0 Å². The summed E-state index contributed by atoms with van der Waals surface area (Å²) in [6.07, 6.45) is 0.910. The largest absolute Gasteiger partial charge is 0.493 e. The second kappa shape index (κ2) is 6.35. The van der Waals surface area contributed by atoms with Crippen LogP contribution in [0.5, 0.6) is 17.2 Å². The van der Waals surface area contributed by atoms with Crippen molar-refractivity contribution in [1.82, 2.24) is 5.32 Å². The van der Waals surface area contributed by atoms with Crippen molar-refractivity contribution in [3.8, 4) is 17.2 Å². The third kappa shape index (κ3) is 3.27. The number of hydrogen-bond donors (Lipinski definition) is 1. The molecule has 0 radical (unpaired) electrons. The van der Waals surface area contributed by atoms with E-state index >= 15 is 0 Å². The molecule has 0 aliphatic carbocycles. The maximum Gasteiger partial charge on any atom is 0.203 e. The Hall–Kier alpha value is -1.42. The van der Waals surface area contributed by atoms with E-state index in [0.717, 1.165) is 12.0 Å². The lowest BCUT2D eigenvalue weighted by Crippen LogP contribution is -2.23. The second-order valence-corrected chi connectivity index (χ2v) is 3.93. The van der Waals surface area contributed by atoms with E-state index in [1.807, 2.05) is 19.2 Å². The molecule has 0 spiro atoms. The highest BCUT2D eigenvalue weighted by Crippen LogP contribution is 2.38. The Bertz CT molecular complexity index is 341. The zero-order valence-electron chi connectivity index (χ0n) is 11.2. The van der Waals surface area contributed by atoms with E-state index in [0.29, 0.717) is 23.3 Å². The van der Waals surface area contributed by atoms with Crippen LogP contribution in [0.15, 0.2) is 12.1 Å². The van der Waals surface area contributed by atoms with Gasteiger partial charge in [0.25, 0.3) is 0 Å². The van der Waals surface area contributed by atoms with Crippen molar-refractivity contribution in [1.29, 1.82) is 0 Å². The van der Waals surface area contributed by atoms with E-state index in [-0.39, 0.29) is 0 Å². The highest BCUT2D eigenvalue weighted by Gasteiger charge is 2.13. The quantitative estimate of drug-likeness (QED) is 0.822. The topological polar surface area (TPSA) is 39.7 Å². The molecule has 0 fully saturated rings. The average molecular weight is 239 g/mol. The van der Waals surface area contributed by atoms with Gasteiger partial charge in [0.1, 0.15) is 0 Å². The molecule has 0 heterocycles. The molecule has 0 aliphatic rings. The van der Waals surface area contributed by atoms with Crippen LogP contribution in [0.4, 0.5) is 0 Å². The van der Waals surface area contributed by atoms with Crippen LogP contribution in [0.1, 0.15) is 12.5 Å². The van der Waals surface area contributed by atoms with E-state index in [4.69, 9.17) is 14.2 Å². The van der Waals surface area contributed by atoms with Crippen molar-refractivity contribution in [2.75, 3.05) is 28.4 Å². The fraction of sp³-hybridized carbons (Fsp3) is 0.538. The van der Waals surface area contributed by atoms with E-state index in [1.165, 1.54) is 0 Å². The summed E-state index contributed by atoms with van der Waals surface area (Å²) in [6.45, 7) is 2.13. The number of nitrogens with one attached hydrogen (secondary N) is 1. The minimum Gasteiger partial charge on any atom is -0.493 e. The Morgan fingerprint density at radius 3 is 1.94 bits per heavy atom. The van der Waals surface area contributed by atoms with Crippen molar-refractivity contribution in [2.45, 2.75) is 19.4 Å². The standard InChI is InChI=1S/C13H21NO3/c1-9(14-2)6-10-7-11(15-3)13(17-5)12(8-10)16-4/h7-9,14H,6H2,1-5H3/t9-/m1/s1. The first kappa shape index (κ1) is 13.6. The molecule has 0 saturated carbocycles. The monoisotopic (exact) mass is 239 g/mol. The summed E-state index contributed by atoms with van der Waals surface area (Å²) in [4.78, 5) is 0. The summed E-state index contributed by atoms with van der Waals surface area (Å²) in [5.41, 5.74) is 1.15. The molecule has 1 aromatic carbocycles. The third-order valence-electron chi connectivity index (χ3n) is 2.76. The van der Waals surface area contributed by atoms with Crippen molar-refractivity contribution in [2.24, 2.45) is 0 Å². The van der Waals surface area contributed by atoms with Crippen LogP contribution in [-0.4, -0.2) is 34.4 Å². The highest BCUT2D eigenvalue weighted by atomic mass is 16.5. The first-order valence-electron chi connectivity index (χ1n) is 5.62. The summed E-state index contributed by atoms with van der Waals surface area (Å²) in [7, 11) is 6.81. The molecule has 17 heavy (non-hydrogen) atoms. The molecule has 96 valence electrons. The Labute approximate surface area is 103 Å². The molecule has 0 unspecified atom stereocenters. The fourth-order valence-corrected chi connectivity index (χ4v) is 1.71. The van der Waals surface area contributed by atoms with E-state index in [1.54, 1.807) is 21.3 Å². The molecular formula is C13H21NO3. The van der Waals surface area contributed by atoms with Crippen molar-refractivity contribution >= 4 is 0 Å². The number of likely N-dealkylation sites (N-methyl/N-ethyl adjacent to an activating group) is 1. The SMILES string of the molecule is CN[C@H](C)Cc1cc(OC)c(OC)c(OC)c1. The van der Waals surface area contributed by atoms with E-state index < -0.39 is 0 Å². The van der Waals surface area contributed by atoms with Gasteiger partial charge in [0.2, 0.25) is 5.75 Å². The third-order valence-corrected chi connectivity index (χ3v) is 2.76. The van der Waals surface area contributed by atoms with E-state index in [2.05, 4.69) is 12.2 Å². The summed E-state index contributed by atoms with van der Waals surface area (Å²) in [6, 6.07) is 4.36. The lowest BCUT2D eigenvalue weighted by atomic mass is 10.1. The molecule has 0 aromatic heterocycles. The maximum absolute atomic E-state index is 5.31. The van der Waals surface area contributed by atoms with Gasteiger partial charge in [-0.1, -0.05) is 0 Å². The number of benzene rings is 1. The number of methoxy groups -OCH3 is 3. The van der Waals surface area contributed by atoms with Crippen LogP contribution in [0.3, 0.4) is 0 Å². The first-order valence-corrected chi connectivity index (χ1v) is 5.62. The number of ether oxygens (including phenoxy) is 3. The average Bonchev–Trinajstić information content (AvgIpc) is 2.37. The zero-order valence-corrected chi connectivity index (χ0v) is 11.2. The molecule has 4 heteroatoms. The molecule has 0 bridgehead atoms. The van der Waals surface area contributed by atoms with Gasteiger partial charge in [-0.25, -0.2) is 0 Å². The van der Waals surface area contributed by atoms with Crippen LogP contribution >= 0.6 is 0 Å². The predicted octanol–water partition coefficient (Wildman–Crippen LogP) is 1.86. The van der Waals surface area contributed by atoms with Gasteiger partial charge in [-0.2, -0.15) is 0 Å². The predicted molar refractivity (Wildman–Crippen MR) is 68.3 cm³/mol. The van der Waals surface area contributed by atoms with Gasteiger partial charge < -0.3 is 19.5 Å². The lowest BCUT2D eigenvalue weighted by Gasteiger charge is -2.16. The molecule has 1 aromatic rings. The maximum atomic E-state index is 5.31. The minimum atomic E-state index is 0.401. The van der Waals surface area contributed by atoms with Gasteiger partial charge in [-0.05, 0) is 38.1 Å². The van der Waals surface area contributed by atoms with Crippen molar-refractivity contribution < 1.29 is 14.2 Å². The second-order valence-electron chi connectivity index (χ2n) is 3.93. The minimum absolute atomic E-state index is 0.401. The van der Waals surface area contributed by atoms with Gasteiger partial charge in [-0.3, -0.25) is 0 Å². The molecule has 1 rings (SSSR count). The Balaban J connectivity index is 3.08. The Morgan fingerprint density at radius 2 is 1.59 bits per heavy atom. The molecule has 4 nitrogen and oxygen atoms in total. The summed E-state index contributed by atoms with van der Waals surface area (Å²) >= 11 is 0. The fourth-order valence-electron chi connectivity index (χ4n) is 1.71. The zero-order chi connectivity index (χ0) is 12.8. The number of hydrogen-bond acceptors (Lipinski definition) is 4. The van der Waals surface area contributed by atoms with Crippen LogP contribution in [0.25, 0.3) is 0 Å². The summed E-state index contributed by atoms with van der Waals surface area (Å²) in [5, 5.41) is 3.20. The van der Waals surface area contributed by atoms with Crippen molar-refractivity contribution in [3.05, 3.63) is 17.7 Å². The van der Waals surface area contributed by atoms with Gasteiger partial charge >= 0.3 is 0 Å².